The van der Waals surface area contributed by atoms with E-state index in [2.05, 4.69) is 152 Å². The normalized spacial score (nSPS) is 12.4. The van der Waals surface area contributed by atoms with Crippen molar-refractivity contribution < 1.29 is 23.3 Å². The van der Waals surface area contributed by atoms with Crippen molar-refractivity contribution in [3.63, 3.8) is 0 Å². The summed E-state index contributed by atoms with van der Waals surface area (Å²) in [5, 5.41) is 3.03. The van der Waals surface area contributed by atoms with Crippen molar-refractivity contribution in [3.8, 4) is 11.1 Å². The van der Waals surface area contributed by atoms with Gasteiger partial charge in [0.15, 0.2) is 0 Å². The first-order valence-electron chi connectivity index (χ1n) is 15.0. The van der Waals surface area contributed by atoms with Crippen molar-refractivity contribution in [2.75, 3.05) is 0 Å². The second kappa shape index (κ2) is 16.6. The summed E-state index contributed by atoms with van der Waals surface area (Å²) >= 11 is 1.64. The maximum absolute atomic E-state index is 3.69. The zero-order chi connectivity index (χ0) is 30.5. The van der Waals surface area contributed by atoms with Crippen molar-refractivity contribution in [1.82, 2.24) is 0 Å². The van der Waals surface area contributed by atoms with Crippen molar-refractivity contribution in [2.24, 2.45) is 0 Å². The molecule has 228 valence electrons. The summed E-state index contributed by atoms with van der Waals surface area (Å²) in [7, 11) is 0. The van der Waals surface area contributed by atoms with Gasteiger partial charge < -0.3 is 0 Å². The first-order valence-corrected chi connectivity index (χ1v) is 20.2. The van der Waals surface area contributed by atoms with Gasteiger partial charge in [-0.3, -0.25) is 6.08 Å². The third-order valence-electron chi connectivity index (χ3n) is 7.79. The van der Waals surface area contributed by atoms with Gasteiger partial charge in [-0.25, -0.2) is 12.2 Å². The molecule has 0 nitrogen and oxygen atoms in total. The van der Waals surface area contributed by atoms with Crippen LogP contribution in [0.5, 0.6) is 0 Å². The van der Waals surface area contributed by atoms with Gasteiger partial charge in [-0.2, -0.15) is 23.8 Å². The van der Waals surface area contributed by atoms with Crippen LogP contribution in [-0.2, 0) is 40.6 Å². The topological polar surface area (TPSA) is 0 Å². The fourth-order valence-corrected chi connectivity index (χ4v) is 9.58. The Hall–Kier alpha value is -1.96. The molecule has 4 heteroatoms. The summed E-state index contributed by atoms with van der Waals surface area (Å²) in [6, 6.07) is 32.6. The summed E-state index contributed by atoms with van der Waals surface area (Å²) in [6.45, 7) is 18.2. The first kappa shape index (κ1) is 38.2. The van der Waals surface area contributed by atoms with Crippen LogP contribution >= 0.6 is 24.8 Å². The second-order valence-corrected chi connectivity index (χ2v) is 18.9. The maximum atomic E-state index is 3.69. The molecular weight excluding hydrogens is 671 g/mol. The predicted molar refractivity (Wildman–Crippen MR) is 194 cm³/mol. The number of halogens is 2. The second-order valence-electron chi connectivity index (χ2n) is 13.3. The Bertz CT molecular complexity index is 1490. The monoisotopic (exact) mass is 714 g/mol. The molecule has 6 rings (SSSR count). The third-order valence-corrected chi connectivity index (χ3v) is 13.9. The van der Waals surface area contributed by atoms with Crippen LogP contribution in [0.25, 0.3) is 11.1 Å². The van der Waals surface area contributed by atoms with Gasteiger partial charge in [-0.1, -0.05) is 71.6 Å². The van der Waals surface area contributed by atoms with Crippen LogP contribution in [0.15, 0.2) is 97.1 Å². The summed E-state index contributed by atoms with van der Waals surface area (Å²) in [5.74, 6) is 0. The number of aryl methyl sites for hydroxylation is 2. The fourth-order valence-electron chi connectivity index (χ4n) is 5.74. The minimum atomic E-state index is -0.455. The molecule has 0 spiro atoms. The van der Waals surface area contributed by atoms with Crippen molar-refractivity contribution in [2.45, 2.75) is 79.1 Å². The number of fused-ring (bicyclic) bond motifs is 3. The predicted octanol–water partition coefficient (Wildman–Crippen LogP) is 9.76. The first-order chi connectivity index (χ1) is 19.9. The Labute approximate surface area is 294 Å². The summed E-state index contributed by atoms with van der Waals surface area (Å²) in [6.07, 6.45) is 11.0. The van der Waals surface area contributed by atoms with Gasteiger partial charge >= 0.3 is 99.8 Å². The molecule has 4 aromatic rings. The molecule has 0 radical (unpaired) electrons. The number of allylic oxidation sites excluding steroid dienone is 4. The molecule has 44 heavy (non-hydrogen) atoms. The molecule has 4 aromatic carbocycles. The van der Waals surface area contributed by atoms with Gasteiger partial charge in [0, 0.05) is 0 Å². The summed E-state index contributed by atoms with van der Waals surface area (Å²) in [4.78, 5) is 0. The van der Waals surface area contributed by atoms with E-state index in [1.165, 1.54) is 54.9 Å². The standard InChI is InChI=1S/C23H29.C12H10Si.C5H5.2ClH.Zr/c1-14-9-16-11-17-10-15(2)21(23(6,7)8)13-19(17)18(16)12-20(14)22(3,4)5;1-3-7-11(8-4-1)13-12-9-5-2-6-10-12;1-2-4-5-3-1;;;/h9,12-13H,11H2,1-8H3;1-10H;1-3H,4H2;2*1H;/q-1;;-1;;;+2. The van der Waals surface area contributed by atoms with E-state index in [0.717, 1.165) is 12.8 Å². The molecule has 0 N–H and O–H groups in total. The number of hydrogen-bond donors (Lipinski definition) is 0. The molecule has 0 atom stereocenters. The average Bonchev–Trinajstić information content (AvgIpc) is 3.63. The van der Waals surface area contributed by atoms with E-state index in [9.17, 15) is 0 Å². The van der Waals surface area contributed by atoms with Crippen LogP contribution in [-0.4, -0.2) is 5.43 Å². The van der Waals surface area contributed by atoms with Crippen LogP contribution in [0.3, 0.4) is 0 Å². The number of hydrogen-bond acceptors (Lipinski definition) is 0. The van der Waals surface area contributed by atoms with Crippen LogP contribution < -0.4 is 10.4 Å². The molecule has 0 saturated heterocycles. The van der Waals surface area contributed by atoms with E-state index in [0.29, 0.717) is 0 Å². The van der Waals surface area contributed by atoms with Gasteiger partial charge in [-0.05, 0) is 35.4 Å². The Morgan fingerprint density at radius 1 is 0.705 bits per heavy atom. The van der Waals surface area contributed by atoms with Gasteiger partial charge in [-0.15, -0.1) is 47.9 Å². The van der Waals surface area contributed by atoms with Gasteiger partial charge in [0.1, 0.15) is 0 Å². The van der Waals surface area contributed by atoms with Crippen molar-refractivity contribution >= 4 is 40.6 Å². The Morgan fingerprint density at radius 3 is 1.66 bits per heavy atom. The molecule has 0 bridgehead atoms. The van der Waals surface area contributed by atoms with E-state index >= 15 is 0 Å². The number of rotatable bonds is 2. The molecule has 0 aromatic heterocycles. The van der Waals surface area contributed by atoms with Crippen molar-refractivity contribution in [3.05, 3.63) is 143 Å². The molecule has 0 unspecified atom stereocenters. The van der Waals surface area contributed by atoms with E-state index < -0.39 is 5.43 Å². The van der Waals surface area contributed by atoms with E-state index in [4.69, 9.17) is 0 Å². The molecule has 2 aliphatic carbocycles. The van der Waals surface area contributed by atoms with E-state index in [1.54, 1.807) is 23.3 Å². The van der Waals surface area contributed by atoms with Crippen LogP contribution in [0.1, 0.15) is 81.3 Å². The van der Waals surface area contributed by atoms with Gasteiger partial charge in [0.05, 0.1) is 0 Å². The molecule has 0 heterocycles. The summed E-state index contributed by atoms with van der Waals surface area (Å²) < 4.78 is 0. The summed E-state index contributed by atoms with van der Waals surface area (Å²) in [5.41, 5.74) is 11.2. The molecule has 0 fully saturated rings. The SMILES string of the molecule is Cc1[c-]c2c(cc1C(C)(C)C)-c1cc(C(C)(C)C)c(C)cc1C2.Cl.Cl.[C-]1=CC=CC1.[Zr+2]=[Si](c1ccccc1)c1ccccc1. The fraction of sp³-hybridized carbons (Fsp3) is 0.300. The zero-order valence-electron chi connectivity index (χ0n) is 27.5. The average molecular weight is 717 g/mol. The van der Waals surface area contributed by atoms with Crippen molar-refractivity contribution in [1.29, 1.82) is 0 Å². The molecule has 0 aliphatic heterocycles. The molecular formula is C40H46Cl2SiZr. The Balaban J connectivity index is 0.000000273. The van der Waals surface area contributed by atoms with Crippen LogP contribution in [0.2, 0.25) is 0 Å². The Kier molecular flexibility index (Phi) is 14.4. The van der Waals surface area contributed by atoms with E-state index in [1.807, 2.05) is 12.2 Å². The Morgan fingerprint density at radius 2 is 1.23 bits per heavy atom. The van der Waals surface area contributed by atoms with Gasteiger partial charge in [0.25, 0.3) is 0 Å². The molecule has 2 aliphatic rings. The molecule has 0 saturated carbocycles. The number of benzene rings is 4. The third kappa shape index (κ3) is 9.77. The van der Waals surface area contributed by atoms with Crippen LogP contribution in [0, 0.1) is 26.0 Å². The molecule has 0 amide bonds. The van der Waals surface area contributed by atoms with E-state index in [-0.39, 0.29) is 35.6 Å². The zero-order valence-corrected chi connectivity index (χ0v) is 32.6. The quantitative estimate of drug-likeness (QED) is 0.126. The minimum absolute atomic E-state index is 0. The van der Waals surface area contributed by atoms with Gasteiger partial charge in [0.2, 0.25) is 0 Å². The van der Waals surface area contributed by atoms with Crippen LogP contribution in [0.4, 0.5) is 0 Å².